The van der Waals surface area contributed by atoms with Crippen LogP contribution in [0.2, 0.25) is 0 Å². The summed E-state index contributed by atoms with van der Waals surface area (Å²) in [6.07, 6.45) is 1.54. The van der Waals surface area contributed by atoms with Crippen molar-refractivity contribution in [2.75, 3.05) is 12.1 Å². The van der Waals surface area contributed by atoms with E-state index in [4.69, 9.17) is 0 Å². The summed E-state index contributed by atoms with van der Waals surface area (Å²) >= 11 is 1.36. The van der Waals surface area contributed by atoms with Crippen LogP contribution in [-0.4, -0.2) is 29.5 Å². The van der Waals surface area contributed by atoms with Crippen molar-refractivity contribution < 1.29 is 4.79 Å². The lowest BCUT2D eigenvalue weighted by Gasteiger charge is -2.13. The third-order valence-corrected chi connectivity index (χ3v) is 3.20. The van der Waals surface area contributed by atoms with Gasteiger partial charge in [0.1, 0.15) is 5.01 Å². The minimum absolute atomic E-state index is 0.0831. The molecule has 0 aliphatic carbocycles. The smallest absolute Gasteiger partial charge is 0.339 e. The number of hydrogen-bond donors (Lipinski definition) is 1. The van der Waals surface area contributed by atoms with Gasteiger partial charge < -0.3 is 5.32 Å². The molecule has 0 fully saturated rings. The third-order valence-electron chi connectivity index (χ3n) is 1.87. The van der Waals surface area contributed by atoms with Crippen molar-refractivity contribution in [3.63, 3.8) is 0 Å². The van der Waals surface area contributed by atoms with Gasteiger partial charge in [0.05, 0.1) is 0 Å². The summed E-state index contributed by atoms with van der Waals surface area (Å²) in [6.45, 7) is 7.88. The summed E-state index contributed by atoms with van der Waals surface area (Å²) < 4.78 is 0. The van der Waals surface area contributed by atoms with Crippen molar-refractivity contribution >= 4 is 28.7 Å². The number of nitrogens with one attached hydrogen (secondary N) is 1. The molecular weight excluding hydrogens is 238 g/mol. The van der Waals surface area contributed by atoms with Crippen molar-refractivity contribution in [1.82, 2.24) is 15.5 Å². The topological polar surface area (TPSA) is 70.5 Å². The normalized spacial score (nSPS) is 11.8. The molecule has 0 spiro atoms. The Balaban J connectivity index is 3.04. The monoisotopic (exact) mass is 255 g/mol. The summed E-state index contributed by atoms with van der Waals surface area (Å²) in [4.78, 5) is 11.6. The second-order valence-electron chi connectivity index (χ2n) is 4.38. The van der Waals surface area contributed by atoms with E-state index >= 15 is 0 Å². The largest absolute Gasteiger partial charge is 0.344 e. The summed E-state index contributed by atoms with van der Waals surface area (Å²) in [6, 6.07) is -0.334. The van der Waals surface area contributed by atoms with Gasteiger partial charge in [-0.15, -0.1) is 10.2 Å². The van der Waals surface area contributed by atoms with Gasteiger partial charge >= 0.3 is 6.03 Å². The zero-order chi connectivity index (χ0) is 13.1. The molecule has 1 aromatic rings. The fraction of sp³-hybridized carbons (Fsp3) is 0.600. The fourth-order valence-electron chi connectivity index (χ4n) is 1.01. The van der Waals surface area contributed by atoms with Crippen LogP contribution < -0.4 is 10.3 Å². The molecule has 0 saturated heterocycles. The highest BCUT2D eigenvalue weighted by atomic mass is 32.1. The Bertz CT molecular complexity index is 421. The number of urea groups is 1. The van der Waals surface area contributed by atoms with Crippen LogP contribution in [0.25, 0.3) is 0 Å². The fourth-order valence-corrected chi connectivity index (χ4v) is 1.87. The molecule has 0 aromatic carbocycles. The van der Waals surface area contributed by atoms with Gasteiger partial charge in [0.25, 0.3) is 0 Å². The molecule has 1 heterocycles. The molecule has 0 aliphatic rings. The van der Waals surface area contributed by atoms with Crippen LogP contribution in [0.1, 0.15) is 32.7 Å². The zero-order valence-corrected chi connectivity index (χ0v) is 11.5. The number of carbonyl (C=O) groups excluding carboxylic acids is 1. The van der Waals surface area contributed by atoms with Gasteiger partial charge in [-0.1, -0.05) is 32.1 Å². The van der Waals surface area contributed by atoms with Crippen molar-refractivity contribution in [1.29, 1.82) is 0 Å². The van der Waals surface area contributed by atoms with Crippen molar-refractivity contribution in [3.05, 3.63) is 5.01 Å². The maximum Gasteiger partial charge on any atom is 0.344 e. The summed E-state index contributed by atoms with van der Waals surface area (Å²) in [5.41, 5.74) is -0.0831. The standard InChI is InChI=1S/C10H17N5OS/c1-6-12-15(8(16)11-5)9-14-13-7(17-9)10(2,3)4/h6H,1-5H3,(H,11,16)/b12-6-. The SMILES string of the molecule is C/C=N\N(C(=O)NC)c1nnc(C(C)(C)C)s1. The van der Waals surface area contributed by atoms with Gasteiger partial charge in [-0.3, -0.25) is 0 Å². The average molecular weight is 255 g/mol. The lowest BCUT2D eigenvalue weighted by atomic mass is 9.98. The van der Waals surface area contributed by atoms with Gasteiger partial charge in [-0.25, -0.2) is 4.79 Å². The van der Waals surface area contributed by atoms with Crippen molar-refractivity contribution in [3.8, 4) is 0 Å². The Morgan fingerprint density at radius 2 is 2.12 bits per heavy atom. The van der Waals surface area contributed by atoms with Crippen molar-refractivity contribution in [2.24, 2.45) is 5.10 Å². The molecule has 17 heavy (non-hydrogen) atoms. The first-order chi connectivity index (χ1) is 7.90. The predicted octanol–water partition coefficient (Wildman–Crippen LogP) is 1.99. The Hall–Kier alpha value is -1.50. The number of anilines is 1. The van der Waals surface area contributed by atoms with E-state index in [-0.39, 0.29) is 11.4 Å². The Morgan fingerprint density at radius 3 is 2.53 bits per heavy atom. The maximum absolute atomic E-state index is 11.6. The van der Waals surface area contributed by atoms with Crippen LogP contribution in [0.5, 0.6) is 0 Å². The van der Waals surface area contributed by atoms with Crippen molar-refractivity contribution in [2.45, 2.75) is 33.1 Å². The summed E-state index contributed by atoms with van der Waals surface area (Å²) in [5, 5.41) is 17.1. The summed E-state index contributed by atoms with van der Waals surface area (Å²) in [5.74, 6) is 0. The van der Waals surface area contributed by atoms with Gasteiger partial charge in [0.15, 0.2) is 0 Å². The summed E-state index contributed by atoms with van der Waals surface area (Å²) in [7, 11) is 1.55. The predicted molar refractivity (Wildman–Crippen MR) is 69.7 cm³/mol. The third kappa shape index (κ3) is 3.23. The number of hydrogen-bond acceptors (Lipinski definition) is 5. The van der Waals surface area contributed by atoms with Crippen LogP contribution in [0.3, 0.4) is 0 Å². The first kappa shape index (κ1) is 13.6. The molecule has 0 radical (unpaired) electrons. The Labute approximate surface area is 105 Å². The van der Waals surface area contributed by atoms with E-state index in [1.165, 1.54) is 22.6 Å². The second kappa shape index (κ2) is 5.22. The lowest BCUT2D eigenvalue weighted by molar-refractivity contribution is 0.248. The molecule has 1 rings (SSSR count). The molecule has 0 atom stereocenters. The zero-order valence-electron chi connectivity index (χ0n) is 10.7. The van der Waals surface area contributed by atoms with E-state index in [0.717, 1.165) is 5.01 Å². The molecule has 0 saturated carbocycles. The average Bonchev–Trinajstić information content (AvgIpc) is 2.73. The lowest BCUT2D eigenvalue weighted by Crippen LogP contribution is -2.34. The van der Waals surface area contributed by atoms with E-state index in [1.54, 1.807) is 14.0 Å². The van der Waals surface area contributed by atoms with E-state index < -0.39 is 0 Å². The molecule has 1 N–H and O–H groups in total. The van der Waals surface area contributed by atoms with E-state index in [0.29, 0.717) is 5.13 Å². The minimum Gasteiger partial charge on any atom is -0.339 e. The van der Waals surface area contributed by atoms with Gasteiger partial charge in [-0.05, 0) is 6.92 Å². The van der Waals surface area contributed by atoms with Gasteiger partial charge in [0, 0.05) is 18.7 Å². The second-order valence-corrected chi connectivity index (χ2v) is 5.34. The molecule has 0 unspecified atom stereocenters. The maximum atomic E-state index is 11.6. The number of amides is 2. The number of carbonyl (C=O) groups is 1. The molecule has 1 aromatic heterocycles. The van der Waals surface area contributed by atoms with Crippen LogP contribution in [0.4, 0.5) is 9.93 Å². The molecule has 0 bridgehead atoms. The Kier molecular flexibility index (Phi) is 4.17. The number of hydrazone groups is 1. The van der Waals surface area contributed by atoms with E-state index in [9.17, 15) is 4.79 Å². The van der Waals surface area contributed by atoms with Crippen LogP contribution in [0.15, 0.2) is 5.10 Å². The molecule has 94 valence electrons. The van der Waals surface area contributed by atoms with Crippen LogP contribution in [-0.2, 0) is 5.41 Å². The minimum atomic E-state index is -0.334. The van der Waals surface area contributed by atoms with E-state index in [1.807, 2.05) is 20.8 Å². The molecule has 2 amide bonds. The van der Waals surface area contributed by atoms with Crippen LogP contribution in [0, 0.1) is 0 Å². The molecule has 0 aliphatic heterocycles. The molecule has 7 heteroatoms. The first-order valence-corrected chi connectivity index (χ1v) is 6.06. The highest BCUT2D eigenvalue weighted by molar-refractivity contribution is 7.15. The van der Waals surface area contributed by atoms with Crippen LogP contribution >= 0.6 is 11.3 Å². The Morgan fingerprint density at radius 1 is 1.47 bits per heavy atom. The highest BCUT2D eigenvalue weighted by Crippen LogP contribution is 2.29. The molecular formula is C10H17N5OS. The van der Waals surface area contributed by atoms with E-state index in [2.05, 4.69) is 20.6 Å². The number of nitrogens with zero attached hydrogens (tertiary/aromatic N) is 4. The number of rotatable bonds is 2. The van der Waals surface area contributed by atoms with Gasteiger partial charge in [0.2, 0.25) is 5.13 Å². The first-order valence-electron chi connectivity index (χ1n) is 5.24. The quantitative estimate of drug-likeness (QED) is 0.649. The van der Waals surface area contributed by atoms with Gasteiger partial charge in [-0.2, -0.15) is 10.1 Å². The highest BCUT2D eigenvalue weighted by Gasteiger charge is 2.23. The number of aromatic nitrogens is 2. The molecule has 6 nitrogen and oxygen atoms in total.